The van der Waals surface area contributed by atoms with Crippen LogP contribution in [0.5, 0.6) is 0 Å². The van der Waals surface area contributed by atoms with Crippen LogP contribution >= 0.6 is 0 Å². The van der Waals surface area contributed by atoms with Gasteiger partial charge in [0.2, 0.25) is 0 Å². The van der Waals surface area contributed by atoms with Crippen LogP contribution in [-0.2, 0) is 0 Å². The van der Waals surface area contributed by atoms with Crippen molar-refractivity contribution >= 4 is 0 Å². The van der Waals surface area contributed by atoms with Crippen molar-refractivity contribution in [3.05, 3.63) is 35.4 Å². The molecule has 0 bridgehead atoms. The maximum Gasteiger partial charge on any atom is 0.130 e. The van der Waals surface area contributed by atoms with Crippen molar-refractivity contribution in [2.75, 3.05) is 6.54 Å². The van der Waals surface area contributed by atoms with Gasteiger partial charge in [0.1, 0.15) is 11.6 Å². The van der Waals surface area contributed by atoms with E-state index in [1.54, 1.807) is 0 Å². The minimum absolute atomic E-state index is 0.197. The zero-order valence-corrected chi connectivity index (χ0v) is 10.2. The van der Waals surface area contributed by atoms with Gasteiger partial charge in [0.25, 0.3) is 0 Å². The van der Waals surface area contributed by atoms with Crippen LogP contribution in [0, 0.1) is 11.6 Å². The average molecular weight is 243 g/mol. The number of benzene rings is 1. The summed E-state index contributed by atoms with van der Waals surface area (Å²) in [4.78, 5) is 0. The molecule has 2 nitrogen and oxygen atoms in total. The van der Waals surface area contributed by atoms with Crippen LogP contribution in [0.15, 0.2) is 18.2 Å². The van der Waals surface area contributed by atoms with Crippen LogP contribution in [-0.4, -0.2) is 17.8 Å². The normalized spacial score (nSPS) is 14.6. The molecule has 17 heavy (non-hydrogen) atoms. The molecule has 1 rings (SSSR count). The van der Waals surface area contributed by atoms with E-state index in [4.69, 9.17) is 0 Å². The highest BCUT2D eigenvalue weighted by molar-refractivity contribution is 5.22. The molecule has 1 aromatic carbocycles. The summed E-state index contributed by atoms with van der Waals surface area (Å²) in [5.41, 5.74) is 0.442. The van der Waals surface area contributed by atoms with Gasteiger partial charge in [-0.2, -0.15) is 0 Å². The first-order valence-electron chi connectivity index (χ1n) is 5.94. The Bertz CT molecular complexity index is 357. The van der Waals surface area contributed by atoms with E-state index < -0.39 is 17.7 Å². The van der Waals surface area contributed by atoms with Crippen LogP contribution in [0.25, 0.3) is 0 Å². The van der Waals surface area contributed by atoms with Gasteiger partial charge in [-0.1, -0.05) is 19.9 Å². The summed E-state index contributed by atoms with van der Waals surface area (Å²) in [5, 5.41) is 12.5. The number of hydrogen-bond donors (Lipinski definition) is 2. The van der Waals surface area contributed by atoms with E-state index in [2.05, 4.69) is 5.32 Å². The molecule has 0 heterocycles. The Morgan fingerprint density at radius 2 is 1.94 bits per heavy atom. The highest BCUT2D eigenvalue weighted by Gasteiger charge is 2.15. The average Bonchev–Trinajstić information content (AvgIpc) is 2.31. The molecule has 0 aromatic heterocycles. The first kappa shape index (κ1) is 14.1. The largest absolute Gasteiger partial charge is 0.392 e. The Labute approximate surface area is 101 Å². The fourth-order valence-electron chi connectivity index (χ4n) is 1.68. The lowest BCUT2D eigenvalue weighted by atomic mass is 10.0. The molecule has 0 aliphatic heterocycles. The summed E-state index contributed by atoms with van der Waals surface area (Å²) in [6, 6.07) is 3.39. The van der Waals surface area contributed by atoms with Crippen molar-refractivity contribution in [1.82, 2.24) is 5.32 Å². The fraction of sp³-hybridized carbons (Fsp3) is 0.538. The van der Waals surface area contributed by atoms with Crippen LogP contribution in [0.2, 0.25) is 0 Å². The van der Waals surface area contributed by atoms with Gasteiger partial charge in [-0.3, -0.25) is 0 Å². The molecule has 0 aliphatic carbocycles. The molecule has 1 unspecified atom stereocenters. The highest BCUT2D eigenvalue weighted by atomic mass is 19.1. The fourth-order valence-corrected chi connectivity index (χ4v) is 1.68. The number of rotatable bonds is 6. The smallest absolute Gasteiger partial charge is 0.130 e. The maximum absolute atomic E-state index is 13.6. The standard InChI is InChI=1S/C13H19F2NO/c1-3-10(17)8-16-13(4-2)11-6-5-9(14)7-12(11)15/h5-7,10,13,16-17H,3-4,8H2,1-2H3/t10-,13?/m1/s1. The Morgan fingerprint density at radius 3 is 2.47 bits per heavy atom. The molecule has 0 fully saturated rings. The zero-order chi connectivity index (χ0) is 12.8. The summed E-state index contributed by atoms with van der Waals surface area (Å²) < 4.78 is 26.3. The maximum atomic E-state index is 13.6. The molecular formula is C13H19F2NO. The third-order valence-corrected chi connectivity index (χ3v) is 2.82. The molecule has 96 valence electrons. The summed E-state index contributed by atoms with van der Waals surface area (Å²) in [6.07, 6.45) is 0.890. The lowest BCUT2D eigenvalue weighted by molar-refractivity contribution is 0.162. The minimum Gasteiger partial charge on any atom is -0.392 e. The Balaban J connectivity index is 2.72. The lowest BCUT2D eigenvalue weighted by Crippen LogP contribution is -2.30. The van der Waals surface area contributed by atoms with Crippen LogP contribution in [0.3, 0.4) is 0 Å². The molecule has 0 saturated carbocycles. The van der Waals surface area contributed by atoms with Crippen LogP contribution < -0.4 is 5.32 Å². The Hall–Kier alpha value is -1.00. The minimum atomic E-state index is -0.574. The van der Waals surface area contributed by atoms with E-state index >= 15 is 0 Å². The summed E-state index contributed by atoms with van der Waals surface area (Å²) in [6.45, 7) is 4.20. The summed E-state index contributed by atoms with van der Waals surface area (Å²) in [5.74, 6) is -1.12. The van der Waals surface area contributed by atoms with E-state index in [0.29, 0.717) is 24.9 Å². The first-order valence-corrected chi connectivity index (χ1v) is 5.94. The quantitative estimate of drug-likeness (QED) is 0.805. The van der Waals surface area contributed by atoms with Gasteiger partial charge in [-0.25, -0.2) is 8.78 Å². The highest BCUT2D eigenvalue weighted by Crippen LogP contribution is 2.20. The monoisotopic (exact) mass is 243 g/mol. The van der Waals surface area contributed by atoms with E-state index in [1.165, 1.54) is 12.1 Å². The van der Waals surface area contributed by atoms with Crippen LogP contribution in [0.1, 0.15) is 38.3 Å². The lowest BCUT2D eigenvalue weighted by Gasteiger charge is -2.20. The number of aliphatic hydroxyl groups excluding tert-OH is 1. The van der Waals surface area contributed by atoms with Crippen molar-refractivity contribution < 1.29 is 13.9 Å². The van der Waals surface area contributed by atoms with Crippen molar-refractivity contribution in [3.8, 4) is 0 Å². The second-order valence-corrected chi connectivity index (χ2v) is 4.10. The van der Waals surface area contributed by atoms with Gasteiger partial charge < -0.3 is 10.4 Å². The third kappa shape index (κ3) is 4.06. The zero-order valence-electron chi connectivity index (χ0n) is 10.2. The van der Waals surface area contributed by atoms with Crippen molar-refractivity contribution in [3.63, 3.8) is 0 Å². The molecule has 0 saturated heterocycles. The van der Waals surface area contributed by atoms with E-state index in [0.717, 1.165) is 6.07 Å². The summed E-state index contributed by atoms with van der Waals surface area (Å²) in [7, 11) is 0. The second-order valence-electron chi connectivity index (χ2n) is 4.10. The Morgan fingerprint density at radius 1 is 1.24 bits per heavy atom. The molecule has 1 aromatic rings. The first-order chi connectivity index (χ1) is 8.08. The van der Waals surface area contributed by atoms with E-state index in [1.807, 2.05) is 13.8 Å². The molecule has 0 amide bonds. The number of halogens is 2. The molecular weight excluding hydrogens is 224 g/mol. The molecule has 0 aliphatic rings. The summed E-state index contributed by atoms with van der Waals surface area (Å²) >= 11 is 0. The number of aliphatic hydroxyl groups is 1. The van der Waals surface area contributed by atoms with Crippen LogP contribution in [0.4, 0.5) is 8.78 Å². The van der Waals surface area contributed by atoms with E-state index in [9.17, 15) is 13.9 Å². The molecule has 2 atom stereocenters. The van der Waals surface area contributed by atoms with Gasteiger partial charge in [0, 0.05) is 24.2 Å². The van der Waals surface area contributed by atoms with Gasteiger partial charge in [0.05, 0.1) is 6.10 Å². The topological polar surface area (TPSA) is 32.3 Å². The van der Waals surface area contributed by atoms with Crippen molar-refractivity contribution in [1.29, 1.82) is 0 Å². The van der Waals surface area contributed by atoms with E-state index in [-0.39, 0.29) is 6.04 Å². The molecule has 4 heteroatoms. The van der Waals surface area contributed by atoms with Gasteiger partial charge in [-0.05, 0) is 18.9 Å². The van der Waals surface area contributed by atoms with Gasteiger partial charge >= 0.3 is 0 Å². The third-order valence-electron chi connectivity index (χ3n) is 2.82. The number of hydrogen-bond acceptors (Lipinski definition) is 2. The number of nitrogens with one attached hydrogen (secondary N) is 1. The van der Waals surface area contributed by atoms with Crippen molar-refractivity contribution in [2.45, 2.75) is 38.8 Å². The predicted octanol–water partition coefficient (Wildman–Crippen LogP) is 2.78. The molecule has 0 radical (unpaired) electrons. The SMILES string of the molecule is CCC(NC[C@H](O)CC)c1ccc(F)cc1F. The van der Waals surface area contributed by atoms with Gasteiger partial charge in [0.15, 0.2) is 0 Å². The van der Waals surface area contributed by atoms with Gasteiger partial charge in [-0.15, -0.1) is 0 Å². The molecule has 0 spiro atoms. The Kier molecular flexibility index (Phi) is 5.51. The predicted molar refractivity (Wildman–Crippen MR) is 63.7 cm³/mol. The second kappa shape index (κ2) is 6.67. The van der Waals surface area contributed by atoms with Crippen molar-refractivity contribution in [2.24, 2.45) is 0 Å². The molecule has 2 N–H and O–H groups in total.